The number of halogens is 2. The van der Waals surface area contributed by atoms with E-state index in [-0.39, 0.29) is 5.82 Å². The molecule has 0 unspecified atom stereocenters. The fraction of sp³-hybridized carbons (Fsp3) is 0.333. The highest BCUT2D eigenvalue weighted by atomic mass is 19.1. The summed E-state index contributed by atoms with van der Waals surface area (Å²) in [7, 11) is 0. The summed E-state index contributed by atoms with van der Waals surface area (Å²) in [6, 6.07) is 3.53. The lowest BCUT2D eigenvalue weighted by Gasteiger charge is -2.10. The molecular formula is C9H11F2N. The van der Waals surface area contributed by atoms with Gasteiger partial charge in [0, 0.05) is 0 Å². The van der Waals surface area contributed by atoms with Gasteiger partial charge in [0.25, 0.3) is 0 Å². The van der Waals surface area contributed by atoms with Crippen molar-refractivity contribution >= 4 is 0 Å². The summed E-state index contributed by atoms with van der Waals surface area (Å²) < 4.78 is 24.7. The molecule has 1 aromatic rings. The number of alkyl halides is 1. The molecule has 12 heavy (non-hydrogen) atoms. The molecule has 0 heterocycles. The second kappa shape index (κ2) is 3.63. The van der Waals surface area contributed by atoms with Crippen LogP contribution in [0.15, 0.2) is 18.2 Å². The van der Waals surface area contributed by atoms with Crippen LogP contribution in [-0.2, 0) is 0 Å². The molecule has 0 bridgehead atoms. The molecule has 0 aromatic heterocycles. The standard InChI is InChI=1S/C9H11F2N/c1-6-4-7(11)2-3-8(6)9(12)5-10/h2-4,9H,5,12H2,1H3/t9-/m0/s1. The Kier molecular flexibility index (Phi) is 2.76. The Labute approximate surface area is 70.2 Å². The minimum atomic E-state index is -0.634. The maximum Gasteiger partial charge on any atom is 0.123 e. The van der Waals surface area contributed by atoms with Crippen LogP contribution < -0.4 is 5.73 Å². The van der Waals surface area contributed by atoms with E-state index in [2.05, 4.69) is 0 Å². The molecule has 1 rings (SSSR count). The summed E-state index contributed by atoms with van der Waals surface area (Å²) in [5.41, 5.74) is 6.81. The van der Waals surface area contributed by atoms with Crippen molar-refractivity contribution in [3.05, 3.63) is 35.1 Å². The molecular weight excluding hydrogens is 160 g/mol. The predicted molar refractivity (Wildman–Crippen MR) is 44.0 cm³/mol. The first kappa shape index (κ1) is 9.13. The van der Waals surface area contributed by atoms with Crippen LogP contribution in [0.4, 0.5) is 8.78 Å². The van der Waals surface area contributed by atoms with Crippen LogP contribution in [0.25, 0.3) is 0 Å². The molecule has 2 N–H and O–H groups in total. The summed E-state index contributed by atoms with van der Waals surface area (Å²) in [6.45, 7) is 1.10. The van der Waals surface area contributed by atoms with Gasteiger partial charge in [-0.1, -0.05) is 6.07 Å². The average Bonchev–Trinajstić information content (AvgIpc) is 2.03. The molecule has 0 aliphatic carbocycles. The highest BCUT2D eigenvalue weighted by molar-refractivity contribution is 5.29. The molecule has 0 saturated heterocycles. The zero-order chi connectivity index (χ0) is 9.14. The minimum Gasteiger partial charge on any atom is -0.322 e. The highest BCUT2D eigenvalue weighted by Crippen LogP contribution is 2.16. The lowest BCUT2D eigenvalue weighted by atomic mass is 10.0. The van der Waals surface area contributed by atoms with Gasteiger partial charge in [-0.2, -0.15) is 0 Å². The Morgan fingerprint density at radius 3 is 2.67 bits per heavy atom. The quantitative estimate of drug-likeness (QED) is 0.724. The summed E-state index contributed by atoms with van der Waals surface area (Å²) in [6.07, 6.45) is 0. The van der Waals surface area contributed by atoms with Gasteiger partial charge in [0.05, 0.1) is 6.04 Å². The van der Waals surface area contributed by atoms with Crippen molar-refractivity contribution in [1.82, 2.24) is 0 Å². The van der Waals surface area contributed by atoms with E-state index in [4.69, 9.17) is 5.73 Å². The van der Waals surface area contributed by atoms with E-state index in [1.165, 1.54) is 18.2 Å². The van der Waals surface area contributed by atoms with E-state index in [1.807, 2.05) is 0 Å². The van der Waals surface area contributed by atoms with Crippen LogP contribution in [0, 0.1) is 12.7 Å². The molecule has 3 heteroatoms. The summed E-state index contributed by atoms with van der Waals surface area (Å²) in [4.78, 5) is 0. The molecule has 0 aliphatic heterocycles. The topological polar surface area (TPSA) is 26.0 Å². The number of nitrogens with two attached hydrogens (primary N) is 1. The van der Waals surface area contributed by atoms with E-state index < -0.39 is 12.7 Å². The second-order valence-electron chi connectivity index (χ2n) is 2.76. The largest absolute Gasteiger partial charge is 0.322 e. The number of benzene rings is 1. The zero-order valence-electron chi connectivity index (χ0n) is 6.85. The van der Waals surface area contributed by atoms with Gasteiger partial charge in [0.15, 0.2) is 0 Å². The number of rotatable bonds is 2. The normalized spacial score (nSPS) is 13.0. The van der Waals surface area contributed by atoms with Gasteiger partial charge < -0.3 is 5.73 Å². The first-order chi connectivity index (χ1) is 5.65. The van der Waals surface area contributed by atoms with Crippen molar-refractivity contribution in [3.8, 4) is 0 Å². The minimum absolute atomic E-state index is 0.317. The highest BCUT2D eigenvalue weighted by Gasteiger charge is 2.08. The molecule has 0 saturated carbocycles. The van der Waals surface area contributed by atoms with Gasteiger partial charge in [0.1, 0.15) is 12.5 Å². The fourth-order valence-corrected chi connectivity index (χ4v) is 1.14. The molecule has 1 nitrogen and oxygen atoms in total. The van der Waals surface area contributed by atoms with Gasteiger partial charge in [-0.25, -0.2) is 8.78 Å². The van der Waals surface area contributed by atoms with Crippen LogP contribution >= 0.6 is 0 Å². The summed E-state index contributed by atoms with van der Waals surface area (Å²) >= 11 is 0. The van der Waals surface area contributed by atoms with Crippen molar-refractivity contribution in [2.24, 2.45) is 5.73 Å². The molecule has 0 spiro atoms. The van der Waals surface area contributed by atoms with Crippen LogP contribution in [0.3, 0.4) is 0 Å². The molecule has 1 aromatic carbocycles. The van der Waals surface area contributed by atoms with E-state index in [1.54, 1.807) is 6.92 Å². The first-order valence-electron chi connectivity index (χ1n) is 3.72. The van der Waals surface area contributed by atoms with Crippen LogP contribution in [-0.4, -0.2) is 6.67 Å². The Bertz CT molecular complexity index is 273. The van der Waals surface area contributed by atoms with Gasteiger partial charge in [-0.05, 0) is 30.2 Å². The number of hydrogen-bond acceptors (Lipinski definition) is 1. The Balaban J connectivity index is 3.01. The molecule has 1 atom stereocenters. The Morgan fingerprint density at radius 1 is 1.50 bits per heavy atom. The summed E-state index contributed by atoms with van der Waals surface area (Å²) in [5.74, 6) is -0.317. The van der Waals surface area contributed by atoms with Crippen molar-refractivity contribution in [2.75, 3.05) is 6.67 Å². The van der Waals surface area contributed by atoms with Crippen LogP contribution in [0.1, 0.15) is 17.2 Å². The van der Waals surface area contributed by atoms with Crippen LogP contribution in [0.2, 0.25) is 0 Å². The SMILES string of the molecule is Cc1cc(F)ccc1[C@@H](N)CF. The number of aryl methyl sites for hydroxylation is 1. The Hall–Kier alpha value is -0.960. The second-order valence-corrected chi connectivity index (χ2v) is 2.76. The Morgan fingerprint density at radius 2 is 2.17 bits per heavy atom. The molecule has 0 aliphatic rings. The molecule has 0 fully saturated rings. The van der Waals surface area contributed by atoms with Crippen molar-refractivity contribution in [2.45, 2.75) is 13.0 Å². The maximum absolute atomic E-state index is 12.6. The van der Waals surface area contributed by atoms with Gasteiger partial charge in [-0.15, -0.1) is 0 Å². The van der Waals surface area contributed by atoms with Gasteiger partial charge >= 0.3 is 0 Å². The van der Waals surface area contributed by atoms with E-state index in [0.29, 0.717) is 11.1 Å². The molecule has 66 valence electrons. The van der Waals surface area contributed by atoms with Gasteiger partial charge in [-0.3, -0.25) is 0 Å². The third-order valence-electron chi connectivity index (χ3n) is 1.80. The lowest BCUT2D eigenvalue weighted by molar-refractivity contribution is 0.436. The summed E-state index contributed by atoms with van der Waals surface area (Å²) in [5, 5.41) is 0. The van der Waals surface area contributed by atoms with Gasteiger partial charge in [0.2, 0.25) is 0 Å². The lowest BCUT2D eigenvalue weighted by Crippen LogP contribution is -2.13. The maximum atomic E-state index is 12.6. The van der Waals surface area contributed by atoms with Crippen molar-refractivity contribution < 1.29 is 8.78 Å². The molecule has 0 radical (unpaired) electrons. The monoisotopic (exact) mass is 171 g/mol. The van der Waals surface area contributed by atoms with Crippen molar-refractivity contribution in [3.63, 3.8) is 0 Å². The average molecular weight is 171 g/mol. The third-order valence-corrected chi connectivity index (χ3v) is 1.80. The van der Waals surface area contributed by atoms with E-state index in [0.717, 1.165) is 0 Å². The first-order valence-corrected chi connectivity index (χ1v) is 3.72. The number of hydrogen-bond donors (Lipinski definition) is 1. The smallest absolute Gasteiger partial charge is 0.123 e. The van der Waals surface area contributed by atoms with E-state index >= 15 is 0 Å². The third kappa shape index (κ3) is 1.80. The fourth-order valence-electron chi connectivity index (χ4n) is 1.14. The van der Waals surface area contributed by atoms with E-state index in [9.17, 15) is 8.78 Å². The zero-order valence-corrected chi connectivity index (χ0v) is 6.85. The molecule has 0 amide bonds. The van der Waals surface area contributed by atoms with Crippen LogP contribution in [0.5, 0.6) is 0 Å². The van der Waals surface area contributed by atoms with Crippen molar-refractivity contribution in [1.29, 1.82) is 0 Å². The predicted octanol–water partition coefficient (Wildman–Crippen LogP) is 2.10.